The fourth-order valence-corrected chi connectivity index (χ4v) is 6.11. The SMILES string of the molecule is COc1cc(CO)cc(I)c1O[C@H]1C=C(C(=O)NCCO)C[C@@H](N(Cc2ccc(Cl)c(Cl)c2)C(=O)Cc2ccccc2)[C@@H]1O. The number of ether oxygens (including phenoxy) is 2. The summed E-state index contributed by atoms with van der Waals surface area (Å²) in [5, 5.41) is 34.1. The van der Waals surface area contributed by atoms with Crippen molar-refractivity contribution in [1.82, 2.24) is 10.2 Å². The first-order valence-electron chi connectivity index (χ1n) is 13.8. The van der Waals surface area contributed by atoms with Gasteiger partial charge in [0.1, 0.15) is 12.2 Å². The van der Waals surface area contributed by atoms with Crippen molar-refractivity contribution >= 4 is 57.6 Å². The molecule has 44 heavy (non-hydrogen) atoms. The van der Waals surface area contributed by atoms with Crippen molar-refractivity contribution < 1.29 is 34.4 Å². The normalized spacial score (nSPS) is 17.9. The maximum atomic E-state index is 14.0. The number of methoxy groups -OCH3 is 1. The monoisotopic (exact) mass is 754 g/mol. The van der Waals surface area contributed by atoms with Crippen molar-refractivity contribution in [1.29, 1.82) is 0 Å². The highest BCUT2D eigenvalue weighted by Crippen LogP contribution is 2.37. The van der Waals surface area contributed by atoms with E-state index in [1.165, 1.54) is 18.1 Å². The van der Waals surface area contributed by atoms with Crippen LogP contribution in [-0.4, -0.2) is 70.5 Å². The molecule has 0 fully saturated rings. The van der Waals surface area contributed by atoms with Gasteiger partial charge in [-0.2, -0.15) is 0 Å². The standard InChI is InChI=1S/C32H33Cl2IN2O7/c1-43-28-13-21(18-39)12-25(35)31(28)44-27-16-22(32(42)36-9-10-38)15-26(30(27)41)37(17-20-7-8-23(33)24(34)11-20)29(40)14-19-5-3-2-4-6-19/h2-8,11-13,16,26-27,30,38-39,41H,9-10,14-15,17-18H2,1H3,(H,36,42)/t26-,27+,30+/m1/s1. The second-order valence-electron chi connectivity index (χ2n) is 10.2. The number of amides is 2. The number of aliphatic hydroxyl groups excluding tert-OH is 3. The number of hydrogen-bond donors (Lipinski definition) is 4. The van der Waals surface area contributed by atoms with Crippen molar-refractivity contribution in [3.63, 3.8) is 0 Å². The number of carbonyl (C=O) groups excluding carboxylic acids is 2. The number of halogens is 3. The second-order valence-corrected chi connectivity index (χ2v) is 12.2. The minimum absolute atomic E-state index is 0.0256. The molecule has 3 aromatic carbocycles. The van der Waals surface area contributed by atoms with Crippen LogP contribution in [0.4, 0.5) is 0 Å². The summed E-state index contributed by atoms with van der Waals surface area (Å²) < 4.78 is 12.5. The molecule has 3 aromatic rings. The molecule has 1 aliphatic rings. The number of hydrogen-bond acceptors (Lipinski definition) is 7. The van der Waals surface area contributed by atoms with Gasteiger partial charge >= 0.3 is 0 Å². The molecule has 0 aromatic heterocycles. The third kappa shape index (κ3) is 8.43. The number of benzene rings is 3. The molecule has 0 spiro atoms. The zero-order chi connectivity index (χ0) is 31.8. The molecule has 0 saturated heterocycles. The van der Waals surface area contributed by atoms with E-state index in [0.717, 1.165) is 5.56 Å². The number of carbonyl (C=O) groups is 2. The molecular weight excluding hydrogens is 722 g/mol. The molecule has 0 radical (unpaired) electrons. The van der Waals surface area contributed by atoms with Crippen LogP contribution in [0.5, 0.6) is 11.5 Å². The lowest BCUT2D eigenvalue weighted by Gasteiger charge is -2.41. The van der Waals surface area contributed by atoms with Crippen LogP contribution < -0.4 is 14.8 Å². The highest BCUT2D eigenvalue weighted by Gasteiger charge is 2.41. The molecule has 0 unspecified atom stereocenters. The lowest BCUT2D eigenvalue weighted by Crippen LogP contribution is -2.55. The van der Waals surface area contributed by atoms with Crippen LogP contribution in [0.3, 0.4) is 0 Å². The lowest BCUT2D eigenvalue weighted by atomic mass is 9.87. The molecule has 3 atom stereocenters. The van der Waals surface area contributed by atoms with Crippen LogP contribution >= 0.6 is 45.8 Å². The summed E-state index contributed by atoms with van der Waals surface area (Å²) in [4.78, 5) is 28.7. The van der Waals surface area contributed by atoms with Gasteiger partial charge in [0, 0.05) is 25.1 Å². The van der Waals surface area contributed by atoms with E-state index in [1.54, 1.807) is 30.3 Å². The van der Waals surface area contributed by atoms with Gasteiger partial charge in [0.15, 0.2) is 11.5 Å². The van der Waals surface area contributed by atoms with Gasteiger partial charge in [-0.1, -0.05) is 59.6 Å². The Kier molecular flexibility index (Phi) is 12.3. The quantitative estimate of drug-likeness (QED) is 0.203. The van der Waals surface area contributed by atoms with Crippen molar-refractivity contribution in [2.45, 2.75) is 44.2 Å². The van der Waals surface area contributed by atoms with Gasteiger partial charge in [-0.15, -0.1) is 0 Å². The Morgan fingerprint density at radius 2 is 1.77 bits per heavy atom. The molecule has 4 rings (SSSR count). The molecule has 0 bridgehead atoms. The summed E-state index contributed by atoms with van der Waals surface area (Å²) >= 11 is 14.5. The topological polar surface area (TPSA) is 129 Å². The first-order valence-corrected chi connectivity index (χ1v) is 15.7. The Balaban J connectivity index is 1.75. The second kappa shape index (κ2) is 15.9. The maximum Gasteiger partial charge on any atom is 0.247 e. The molecular formula is C32H33Cl2IN2O7. The maximum absolute atomic E-state index is 14.0. The average molecular weight is 755 g/mol. The summed E-state index contributed by atoms with van der Waals surface area (Å²) in [5.41, 5.74) is 2.36. The highest BCUT2D eigenvalue weighted by atomic mass is 127. The summed E-state index contributed by atoms with van der Waals surface area (Å²) in [7, 11) is 1.46. The zero-order valence-electron chi connectivity index (χ0n) is 23.9. The Bertz CT molecular complexity index is 1510. The minimum atomic E-state index is -1.26. The van der Waals surface area contributed by atoms with Gasteiger partial charge < -0.3 is 35.0 Å². The molecule has 4 N–H and O–H groups in total. The van der Waals surface area contributed by atoms with Crippen molar-refractivity contribution in [3.05, 3.63) is 103 Å². The molecule has 1 aliphatic carbocycles. The van der Waals surface area contributed by atoms with Gasteiger partial charge in [-0.25, -0.2) is 0 Å². The lowest BCUT2D eigenvalue weighted by molar-refractivity contribution is -0.138. The smallest absolute Gasteiger partial charge is 0.247 e. The van der Waals surface area contributed by atoms with Gasteiger partial charge in [0.2, 0.25) is 11.8 Å². The average Bonchev–Trinajstić information content (AvgIpc) is 3.02. The molecule has 234 valence electrons. The summed E-state index contributed by atoms with van der Waals surface area (Å²) in [6.07, 6.45) is -0.710. The van der Waals surface area contributed by atoms with Crippen LogP contribution in [0.2, 0.25) is 10.0 Å². The highest BCUT2D eigenvalue weighted by molar-refractivity contribution is 14.1. The van der Waals surface area contributed by atoms with Crippen LogP contribution in [0, 0.1) is 3.57 Å². The van der Waals surface area contributed by atoms with Gasteiger partial charge in [-0.3, -0.25) is 9.59 Å². The van der Waals surface area contributed by atoms with E-state index in [1.807, 2.05) is 52.9 Å². The summed E-state index contributed by atoms with van der Waals surface area (Å²) in [5.74, 6) is -0.0795. The van der Waals surface area contributed by atoms with Gasteiger partial charge in [0.05, 0.1) is 46.4 Å². The fourth-order valence-electron chi connectivity index (χ4n) is 4.99. The Hall–Kier alpha value is -2.87. The van der Waals surface area contributed by atoms with Crippen molar-refractivity contribution in [2.24, 2.45) is 0 Å². The van der Waals surface area contributed by atoms with Crippen LogP contribution in [0.1, 0.15) is 23.1 Å². The van der Waals surface area contributed by atoms with Crippen LogP contribution in [-0.2, 0) is 29.2 Å². The molecule has 0 heterocycles. The summed E-state index contributed by atoms with van der Waals surface area (Å²) in [6, 6.07) is 16.8. The van der Waals surface area contributed by atoms with Crippen molar-refractivity contribution in [3.8, 4) is 11.5 Å². The van der Waals surface area contributed by atoms with E-state index in [2.05, 4.69) is 5.32 Å². The van der Waals surface area contributed by atoms with Gasteiger partial charge in [0.25, 0.3) is 0 Å². The Labute approximate surface area is 279 Å². The van der Waals surface area contributed by atoms with E-state index in [0.29, 0.717) is 36.2 Å². The molecule has 2 amide bonds. The molecule has 12 heteroatoms. The Morgan fingerprint density at radius 1 is 1.02 bits per heavy atom. The minimum Gasteiger partial charge on any atom is -0.493 e. The molecule has 0 aliphatic heterocycles. The Morgan fingerprint density at radius 3 is 2.43 bits per heavy atom. The predicted octanol–water partition coefficient (Wildman–Crippen LogP) is 4.29. The van der Waals surface area contributed by atoms with Crippen LogP contribution in [0.25, 0.3) is 0 Å². The third-order valence-electron chi connectivity index (χ3n) is 7.20. The van der Waals surface area contributed by atoms with Gasteiger partial charge in [-0.05, 0) is 69.6 Å². The fraction of sp³-hybridized carbons (Fsp3) is 0.312. The van der Waals surface area contributed by atoms with Crippen LogP contribution in [0.15, 0.2) is 72.3 Å². The largest absolute Gasteiger partial charge is 0.493 e. The predicted molar refractivity (Wildman–Crippen MR) is 176 cm³/mol. The number of rotatable bonds is 12. The number of nitrogens with one attached hydrogen (secondary N) is 1. The zero-order valence-corrected chi connectivity index (χ0v) is 27.6. The summed E-state index contributed by atoms with van der Waals surface area (Å²) in [6.45, 7) is -0.350. The van der Waals surface area contributed by atoms with E-state index in [4.69, 9.17) is 32.7 Å². The van der Waals surface area contributed by atoms with E-state index >= 15 is 0 Å². The first kappa shape index (κ1) is 34.0. The van der Waals surface area contributed by atoms with E-state index in [-0.39, 0.29) is 50.6 Å². The van der Waals surface area contributed by atoms with Crippen molar-refractivity contribution in [2.75, 3.05) is 20.3 Å². The molecule has 9 nitrogen and oxygen atoms in total. The van der Waals surface area contributed by atoms with E-state index in [9.17, 15) is 24.9 Å². The van der Waals surface area contributed by atoms with E-state index < -0.39 is 24.2 Å². The number of nitrogens with zero attached hydrogens (tertiary/aromatic N) is 1. The third-order valence-corrected chi connectivity index (χ3v) is 8.74. The number of aliphatic hydroxyl groups is 3. The molecule has 0 saturated carbocycles. The first-order chi connectivity index (χ1) is 21.1.